The number of hydrogen-bond acceptors (Lipinski definition) is 5. The molecule has 1 aromatic carbocycles. The summed E-state index contributed by atoms with van der Waals surface area (Å²) in [7, 11) is 0. The molecule has 0 aliphatic rings. The Bertz CT molecular complexity index is 783. The summed E-state index contributed by atoms with van der Waals surface area (Å²) >= 11 is 13.7. The molecule has 0 atom stereocenters. The highest BCUT2D eigenvalue weighted by Crippen LogP contribution is 2.31. The van der Waals surface area contributed by atoms with Crippen LogP contribution in [-0.4, -0.2) is 20.1 Å². The van der Waals surface area contributed by atoms with Gasteiger partial charge in [0.1, 0.15) is 10.8 Å². The quantitative estimate of drug-likeness (QED) is 0.773. The van der Waals surface area contributed by atoms with Gasteiger partial charge in [-0.2, -0.15) is 4.98 Å². The maximum atomic E-state index is 9.78. The zero-order valence-corrected chi connectivity index (χ0v) is 12.7. The number of hydrogen-bond donors (Lipinski definition) is 1. The lowest BCUT2D eigenvalue weighted by Gasteiger charge is -2.03. The molecule has 102 valence electrons. The third-order valence-electron chi connectivity index (χ3n) is 2.79. The summed E-state index contributed by atoms with van der Waals surface area (Å²) in [6.07, 6.45) is 0.498. The van der Waals surface area contributed by atoms with Crippen molar-refractivity contribution < 1.29 is 5.11 Å². The van der Waals surface area contributed by atoms with Crippen LogP contribution < -0.4 is 0 Å². The molecule has 0 saturated heterocycles. The molecule has 0 saturated carbocycles. The molecule has 7 heteroatoms. The molecule has 20 heavy (non-hydrogen) atoms. The van der Waals surface area contributed by atoms with E-state index in [-0.39, 0.29) is 5.88 Å². The molecule has 0 bridgehead atoms. The summed E-state index contributed by atoms with van der Waals surface area (Å²) in [4.78, 5) is 13.2. The van der Waals surface area contributed by atoms with Gasteiger partial charge in [-0.1, -0.05) is 40.6 Å². The monoisotopic (exact) mass is 325 g/mol. The molecule has 0 amide bonds. The smallest absolute Gasteiger partial charge is 0.242 e. The molecule has 3 aromatic rings. The Kier molecular flexibility index (Phi) is 3.50. The van der Waals surface area contributed by atoms with E-state index >= 15 is 0 Å². The van der Waals surface area contributed by atoms with Crippen molar-refractivity contribution in [1.29, 1.82) is 0 Å². The topological polar surface area (TPSA) is 58.9 Å². The molecule has 3 rings (SSSR count). The molecule has 0 unspecified atom stereocenters. The van der Waals surface area contributed by atoms with E-state index in [1.165, 1.54) is 11.3 Å². The summed E-state index contributed by atoms with van der Waals surface area (Å²) < 4.78 is 0. The number of halogens is 2. The SMILES string of the molecule is Cc1nc(O)c2nc(Cc3c(Cl)cccc3Cl)sc2n1. The van der Waals surface area contributed by atoms with E-state index in [0.717, 1.165) is 10.6 Å². The Morgan fingerprint density at radius 3 is 2.55 bits per heavy atom. The van der Waals surface area contributed by atoms with Gasteiger partial charge in [0.15, 0.2) is 10.3 Å². The van der Waals surface area contributed by atoms with Crippen LogP contribution in [0.5, 0.6) is 5.88 Å². The normalized spacial score (nSPS) is 11.2. The van der Waals surface area contributed by atoms with E-state index in [2.05, 4.69) is 15.0 Å². The lowest BCUT2D eigenvalue weighted by Crippen LogP contribution is -1.90. The molecular weight excluding hydrogens is 317 g/mol. The fraction of sp³-hybridized carbons (Fsp3) is 0.154. The van der Waals surface area contributed by atoms with Crippen molar-refractivity contribution >= 4 is 44.9 Å². The number of nitrogens with zero attached hydrogens (tertiary/aromatic N) is 3. The largest absolute Gasteiger partial charge is 0.492 e. The van der Waals surface area contributed by atoms with Crippen molar-refractivity contribution in [2.24, 2.45) is 0 Å². The highest BCUT2D eigenvalue weighted by molar-refractivity contribution is 7.18. The minimum absolute atomic E-state index is 0.0970. The fourth-order valence-electron chi connectivity index (χ4n) is 1.88. The van der Waals surface area contributed by atoms with Crippen LogP contribution in [0.25, 0.3) is 10.3 Å². The van der Waals surface area contributed by atoms with Crippen molar-refractivity contribution in [1.82, 2.24) is 15.0 Å². The minimum atomic E-state index is -0.0970. The first-order valence-electron chi connectivity index (χ1n) is 5.80. The van der Waals surface area contributed by atoms with Crippen LogP contribution in [0.3, 0.4) is 0 Å². The number of aromatic hydroxyl groups is 1. The third-order valence-corrected chi connectivity index (χ3v) is 4.44. The van der Waals surface area contributed by atoms with Gasteiger partial charge >= 0.3 is 0 Å². The molecule has 4 nitrogen and oxygen atoms in total. The van der Waals surface area contributed by atoms with Crippen molar-refractivity contribution in [2.45, 2.75) is 13.3 Å². The highest BCUT2D eigenvalue weighted by atomic mass is 35.5. The first kappa shape index (κ1) is 13.5. The Morgan fingerprint density at radius 1 is 1.15 bits per heavy atom. The van der Waals surface area contributed by atoms with Crippen LogP contribution in [-0.2, 0) is 6.42 Å². The van der Waals surface area contributed by atoms with Crippen LogP contribution in [0.4, 0.5) is 0 Å². The number of rotatable bonds is 2. The number of fused-ring (bicyclic) bond motifs is 1. The number of benzene rings is 1. The number of aromatic nitrogens is 3. The summed E-state index contributed by atoms with van der Waals surface area (Å²) in [5, 5.41) is 11.8. The summed E-state index contributed by atoms with van der Waals surface area (Å²) in [6.45, 7) is 1.73. The Balaban J connectivity index is 2.06. The molecule has 2 heterocycles. The number of aryl methyl sites for hydroxylation is 1. The van der Waals surface area contributed by atoms with Gasteiger partial charge in [-0.3, -0.25) is 0 Å². The van der Waals surface area contributed by atoms with Gasteiger partial charge in [0.05, 0.1) is 0 Å². The van der Waals surface area contributed by atoms with Gasteiger partial charge in [-0.15, -0.1) is 0 Å². The lowest BCUT2D eigenvalue weighted by molar-refractivity contribution is 0.456. The van der Waals surface area contributed by atoms with E-state index in [0.29, 0.717) is 32.6 Å². The summed E-state index contributed by atoms with van der Waals surface area (Å²) in [6, 6.07) is 5.38. The molecule has 1 N–H and O–H groups in total. The number of thiazole rings is 1. The predicted molar refractivity (Wildman–Crippen MR) is 80.9 cm³/mol. The van der Waals surface area contributed by atoms with Crippen LogP contribution >= 0.6 is 34.5 Å². The summed E-state index contributed by atoms with van der Waals surface area (Å²) in [5.74, 6) is 0.418. The van der Waals surface area contributed by atoms with Crippen LogP contribution in [0.2, 0.25) is 10.0 Å². The summed E-state index contributed by atoms with van der Waals surface area (Å²) in [5.41, 5.74) is 1.23. The average Bonchev–Trinajstić information content (AvgIpc) is 2.77. The molecule has 0 aliphatic carbocycles. The Morgan fingerprint density at radius 2 is 1.85 bits per heavy atom. The van der Waals surface area contributed by atoms with Gasteiger partial charge < -0.3 is 5.11 Å². The van der Waals surface area contributed by atoms with Gasteiger partial charge in [0.2, 0.25) is 5.88 Å². The minimum Gasteiger partial charge on any atom is -0.492 e. The van der Waals surface area contributed by atoms with Crippen molar-refractivity contribution in [2.75, 3.05) is 0 Å². The Hall–Kier alpha value is -1.43. The maximum Gasteiger partial charge on any atom is 0.242 e. The zero-order valence-electron chi connectivity index (χ0n) is 10.4. The first-order valence-corrected chi connectivity index (χ1v) is 7.38. The van der Waals surface area contributed by atoms with Crippen LogP contribution in [0.1, 0.15) is 16.4 Å². The average molecular weight is 326 g/mol. The second-order valence-corrected chi connectivity index (χ2v) is 6.11. The van der Waals surface area contributed by atoms with Crippen LogP contribution in [0, 0.1) is 6.92 Å². The molecule has 0 spiro atoms. The van der Waals surface area contributed by atoms with E-state index in [1.54, 1.807) is 25.1 Å². The zero-order chi connectivity index (χ0) is 14.3. The Labute approximate surface area is 129 Å². The van der Waals surface area contributed by atoms with Gasteiger partial charge in [-0.05, 0) is 24.6 Å². The second-order valence-electron chi connectivity index (χ2n) is 4.23. The van der Waals surface area contributed by atoms with Crippen LogP contribution in [0.15, 0.2) is 18.2 Å². The third kappa shape index (κ3) is 2.44. The lowest BCUT2D eigenvalue weighted by atomic mass is 10.1. The van der Waals surface area contributed by atoms with E-state index < -0.39 is 0 Å². The van der Waals surface area contributed by atoms with E-state index in [9.17, 15) is 5.11 Å². The molecule has 0 fully saturated rings. The molecule has 2 aromatic heterocycles. The van der Waals surface area contributed by atoms with Gasteiger partial charge in [0.25, 0.3) is 0 Å². The highest BCUT2D eigenvalue weighted by Gasteiger charge is 2.14. The van der Waals surface area contributed by atoms with Crippen molar-refractivity contribution in [3.63, 3.8) is 0 Å². The van der Waals surface area contributed by atoms with Crippen molar-refractivity contribution in [3.05, 3.63) is 44.6 Å². The van der Waals surface area contributed by atoms with Crippen molar-refractivity contribution in [3.8, 4) is 5.88 Å². The molecule has 0 radical (unpaired) electrons. The first-order chi connectivity index (χ1) is 9.54. The maximum absolute atomic E-state index is 9.78. The fourth-order valence-corrected chi connectivity index (χ4v) is 3.40. The second kappa shape index (κ2) is 5.16. The van der Waals surface area contributed by atoms with Gasteiger partial charge in [0, 0.05) is 16.5 Å². The van der Waals surface area contributed by atoms with Gasteiger partial charge in [-0.25, -0.2) is 9.97 Å². The van der Waals surface area contributed by atoms with E-state index in [4.69, 9.17) is 23.2 Å². The molecular formula is C13H9Cl2N3OS. The predicted octanol–water partition coefficient (Wildman–Crippen LogP) is 4.00. The molecule has 0 aliphatic heterocycles. The van der Waals surface area contributed by atoms with E-state index in [1.807, 2.05) is 0 Å². The standard InChI is InChI=1S/C13H9Cl2N3OS/c1-6-16-12(19)11-13(17-6)20-10(18-11)5-7-8(14)3-2-4-9(7)15/h2-4H,5H2,1H3,(H,16,17,19).